The monoisotopic (exact) mass is 790 g/mol. The fourth-order valence-electron chi connectivity index (χ4n) is 14.2. The van der Waals surface area contributed by atoms with Crippen LogP contribution >= 0.6 is 0 Å². The van der Waals surface area contributed by atoms with Crippen LogP contribution in [-0.4, -0.2) is 0 Å². The molecule has 5 aliphatic rings. The minimum absolute atomic E-state index is 0.0929. The highest BCUT2D eigenvalue weighted by Crippen LogP contribution is 2.70. The molecule has 0 nitrogen and oxygen atoms in total. The van der Waals surface area contributed by atoms with Gasteiger partial charge in [-0.3, -0.25) is 0 Å². The lowest BCUT2D eigenvalue weighted by Crippen LogP contribution is -2.55. The first-order valence-corrected chi connectivity index (χ1v) is 23.0. The van der Waals surface area contributed by atoms with Crippen LogP contribution in [0.1, 0.15) is 43.2 Å². The van der Waals surface area contributed by atoms with E-state index in [1.165, 1.54) is 131 Å². The van der Waals surface area contributed by atoms with Crippen molar-refractivity contribution < 1.29 is 0 Å². The summed E-state index contributed by atoms with van der Waals surface area (Å²) >= 11 is 0. The lowest BCUT2D eigenvalue weighted by atomic mass is 9.43. The maximum Gasteiger partial charge on any atom is 0.0272 e. The van der Waals surface area contributed by atoms with Gasteiger partial charge in [0, 0.05) is 5.41 Å². The molecule has 0 heterocycles. The molecule has 10 aromatic rings. The molecule has 1 spiro atoms. The molecule has 4 fully saturated rings. The summed E-state index contributed by atoms with van der Waals surface area (Å²) in [5.41, 5.74) is 16.7. The highest BCUT2D eigenvalue weighted by Gasteiger charge is 2.61. The number of hydrogen-bond donors (Lipinski definition) is 0. The molecule has 0 aromatic heterocycles. The van der Waals surface area contributed by atoms with E-state index >= 15 is 0 Å². The molecule has 0 atom stereocenters. The van der Waals surface area contributed by atoms with Gasteiger partial charge in [0.25, 0.3) is 0 Å². The summed E-state index contributed by atoms with van der Waals surface area (Å²) in [6, 6.07) is 74.1. The molecule has 0 aliphatic heterocycles. The Labute approximate surface area is 363 Å². The van der Waals surface area contributed by atoms with Crippen molar-refractivity contribution in [1.29, 1.82) is 0 Å². The quantitative estimate of drug-likeness (QED) is 0.156. The van der Waals surface area contributed by atoms with Crippen LogP contribution in [0.25, 0.3) is 98.7 Å². The van der Waals surface area contributed by atoms with Crippen molar-refractivity contribution >= 4 is 43.1 Å². The molecule has 5 aliphatic carbocycles. The van der Waals surface area contributed by atoms with Crippen molar-refractivity contribution in [3.8, 4) is 55.6 Å². The van der Waals surface area contributed by atoms with E-state index in [0.29, 0.717) is 11.8 Å². The maximum atomic E-state index is 2.71. The van der Waals surface area contributed by atoms with Gasteiger partial charge in [-0.15, -0.1) is 0 Å². The van der Waals surface area contributed by atoms with Crippen LogP contribution in [0.3, 0.4) is 0 Å². The number of rotatable bonds is 4. The van der Waals surface area contributed by atoms with Gasteiger partial charge < -0.3 is 0 Å². The first-order chi connectivity index (χ1) is 30.7. The van der Waals surface area contributed by atoms with E-state index in [1.54, 1.807) is 11.1 Å². The van der Waals surface area contributed by atoms with Crippen molar-refractivity contribution in [3.63, 3.8) is 0 Å². The minimum atomic E-state index is 0.0929. The minimum Gasteiger partial charge on any atom is -0.0619 e. The summed E-state index contributed by atoms with van der Waals surface area (Å²) in [6.45, 7) is 0. The Hall–Kier alpha value is -6.76. The zero-order valence-electron chi connectivity index (χ0n) is 34.8. The summed E-state index contributed by atoms with van der Waals surface area (Å²) in [5.74, 6) is 3.24. The number of hydrogen-bond acceptors (Lipinski definition) is 0. The fourth-order valence-corrected chi connectivity index (χ4v) is 14.2. The second-order valence-electron chi connectivity index (χ2n) is 19.1. The van der Waals surface area contributed by atoms with Crippen LogP contribution < -0.4 is 0 Å². The Morgan fingerprint density at radius 2 is 0.742 bits per heavy atom. The van der Waals surface area contributed by atoms with E-state index in [1.807, 2.05) is 0 Å². The molecular formula is C62H46. The van der Waals surface area contributed by atoms with Crippen molar-refractivity contribution in [2.45, 2.75) is 37.5 Å². The third-order valence-electron chi connectivity index (χ3n) is 16.2. The molecular weight excluding hydrogens is 745 g/mol. The van der Waals surface area contributed by atoms with Gasteiger partial charge in [0.05, 0.1) is 0 Å². The maximum absolute atomic E-state index is 2.71. The second kappa shape index (κ2) is 13.1. The van der Waals surface area contributed by atoms with Crippen LogP contribution in [0.4, 0.5) is 0 Å². The van der Waals surface area contributed by atoms with E-state index in [-0.39, 0.29) is 5.41 Å². The van der Waals surface area contributed by atoms with Crippen LogP contribution in [0, 0.1) is 23.7 Å². The number of fused-ring (bicyclic) bond motifs is 8. The Kier molecular flexibility index (Phi) is 7.39. The van der Waals surface area contributed by atoms with Crippen LogP contribution in [0.15, 0.2) is 194 Å². The average molecular weight is 791 g/mol. The van der Waals surface area contributed by atoms with Crippen molar-refractivity contribution in [3.05, 3.63) is 205 Å². The third kappa shape index (κ3) is 4.73. The smallest absolute Gasteiger partial charge is 0.0272 e. The molecule has 0 heteroatoms. The molecule has 294 valence electrons. The van der Waals surface area contributed by atoms with Crippen LogP contribution in [0.2, 0.25) is 0 Å². The van der Waals surface area contributed by atoms with Gasteiger partial charge in [0.15, 0.2) is 0 Å². The molecule has 62 heavy (non-hydrogen) atoms. The third-order valence-corrected chi connectivity index (χ3v) is 16.2. The lowest BCUT2D eigenvalue weighted by molar-refractivity contribution is -0.0399. The second-order valence-corrected chi connectivity index (χ2v) is 19.1. The molecule has 0 radical (unpaired) electrons. The van der Waals surface area contributed by atoms with E-state index in [9.17, 15) is 0 Å². The summed E-state index contributed by atoms with van der Waals surface area (Å²) in [4.78, 5) is 0. The molecule has 10 aromatic carbocycles. The average Bonchev–Trinajstić information content (AvgIpc) is 3.62. The molecule has 4 saturated carbocycles. The summed E-state index contributed by atoms with van der Waals surface area (Å²) < 4.78 is 0. The SMILES string of the molecule is c1ccc(-c2cc3c(c4ccccc24)-c2ccccc2C32C3CC4CC(C3)CC2C4)c(-c2ccccc2-c2c3ccccc3c(-c3ccc4ccccc4c3)c3ccccc23)c1. The van der Waals surface area contributed by atoms with Crippen LogP contribution in [0.5, 0.6) is 0 Å². The van der Waals surface area contributed by atoms with Gasteiger partial charge in [0.2, 0.25) is 0 Å². The zero-order chi connectivity index (χ0) is 40.5. The molecule has 0 unspecified atom stereocenters. The van der Waals surface area contributed by atoms with Gasteiger partial charge in [-0.1, -0.05) is 182 Å². The number of benzene rings is 10. The van der Waals surface area contributed by atoms with Gasteiger partial charge >= 0.3 is 0 Å². The van der Waals surface area contributed by atoms with Crippen molar-refractivity contribution in [2.24, 2.45) is 23.7 Å². The van der Waals surface area contributed by atoms with E-state index in [0.717, 1.165) is 11.8 Å². The lowest BCUT2D eigenvalue weighted by Gasteiger charge is -2.61. The standard InChI is InChI=1S/C62H46/c1-2-16-41-36-42(30-29-40(41)15-1)59-51-23-9-11-25-53(51)60(54-26-12-10-24-52(54)59)49-21-7-5-18-46(49)45-17-3-4-19-47(45)56-37-58-61(50-22-8-6-20-48(50)56)55-27-13-14-28-57(55)62(58)43-32-38-31-39(34-43)35-44(62)33-38/h1-30,36-39,43-44H,31-35H2. The topological polar surface area (TPSA) is 0 Å². The largest absolute Gasteiger partial charge is 0.0619 e. The first kappa shape index (κ1) is 34.9. The molecule has 0 amide bonds. The predicted octanol–water partition coefficient (Wildman–Crippen LogP) is 16.7. The predicted molar refractivity (Wildman–Crippen MR) is 261 cm³/mol. The molecule has 0 saturated heterocycles. The van der Waals surface area contributed by atoms with Crippen molar-refractivity contribution in [1.82, 2.24) is 0 Å². The van der Waals surface area contributed by atoms with Gasteiger partial charge in [-0.05, 0) is 178 Å². The fraction of sp³-hybridized carbons (Fsp3) is 0.161. The molecule has 0 N–H and O–H groups in total. The highest BCUT2D eigenvalue weighted by molar-refractivity contribution is 6.23. The molecule has 15 rings (SSSR count). The highest BCUT2D eigenvalue weighted by atomic mass is 14.6. The summed E-state index contributed by atoms with van der Waals surface area (Å²) in [6.07, 6.45) is 7.00. The van der Waals surface area contributed by atoms with Gasteiger partial charge in [-0.25, -0.2) is 0 Å². The summed E-state index contributed by atoms with van der Waals surface area (Å²) in [7, 11) is 0. The van der Waals surface area contributed by atoms with Crippen LogP contribution in [-0.2, 0) is 5.41 Å². The normalized spacial score (nSPS) is 21.9. The Bertz CT molecular complexity index is 3410. The van der Waals surface area contributed by atoms with Crippen molar-refractivity contribution in [2.75, 3.05) is 0 Å². The van der Waals surface area contributed by atoms with Gasteiger partial charge in [0.1, 0.15) is 0 Å². The van der Waals surface area contributed by atoms with E-state index in [4.69, 9.17) is 0 Å². The first-order valence-electron chi connectivity index (χ1n) is 23.0. The Balaban J connectivity index is 1.02. The Morgan fingerprint density at radius 3 is 1.37 bits per heavy atom. The summed E-state index contributed by atoms with van der Waals surface area (Å²) in [5, 5.41) is 10.4. The zero-order valence-corrected chi connectivity index (χ0v) is 34.8. The Morgan fingerprint density at radius 1 is 0.290 bits per heavy atom. The van der Waals surface area contributed by atoms with Gasteiger partial charge in [-0.2, -0.15) is 0 Å². The molecule has 4 bridgehead atoms. The van der Waals surface area contributed by atoms with E-state index < -0.39 is 0 Å². The van der Waals surface area contributed by atoms with E-state index in [2.05, 4.69) is 194 Å².